The topological polar surface area (TPSA) is 16.3 Å². The number of benzene rings is 11. The van der Waals surface area contributed by atoms with Crippen LogP contribution in [0.25, 0.3) is 76.5 Å². The molecule has 0 aliphatic heterocycles. The largest absolute Gasteiger partial charge is 0.310 e. The SMILES string of the molecule is CC(C)(C)c1ccc2c(c1)c1cc(N(c3cccc(N(c4ccc5c(c4)c4cc(C(C)(C)C)ccc4n5-c4ccccc4)c4cccc5ccccc45)c3)c3cccc4ccccc34)ccc1n2-c1ccccc1. The minimum atomic E-state index is -0.0167. The van der Waals surface area contributed by atoms with Gasteiger partial charge in [0.25, 0.3) is 0 Å². The lowest BCUT2D eigenvalue weighted by Crippen LogP contribution is -2.14. The van der Waals surface area contributed by atoms with E-state index in [2.05, 4.69) is 303 Å². The van der Waals surface area contributed by atoms with Crippen molar-refractivity contribution < 1.29 is 0 Å². The van der Waals surface area contributed by atoms with Crippen LogP contribution in [0.5, 0.6) is 0 Å². The smallest absolute Gasteiger partial charge is 0.0542 e. The molecule has 11 aromatic carbocycles. The summed E-state index contributed by atoms with van der Waals surface area (Å²) in [5.41, 5.74) is 16.1. The molecule has 13 aromatic rings. The van der Waals surface area contributed by atoms with E-state index in [0.29, 0.717) is 0 Å². The van der Waals surface area contributed by atoms with Crippen molar-refractivity contribution in [3.63, 3.8) is 0 Å². The van der Waals surface area contributed by atoms with Crippen molar-refractivity contribution in [3.8, 4) is 11.4 Å². The van der Waals surface area contributed by atoms with Gasteiger partial charge in [-0.25, -0.2) is 0 Å². The van der Waals surface area contributed by atoms with Crippen molar-refractivity contribution in [1.82, 2.24) is 9.13 Å². The van der Waals surface area contributed by atoms with E-state index in [1.54, 1.807) is 0 Å². The van der Waals surface area contributed by atoms with Crippen LogP contribution in [0.15, 0.2) is 243 Å². The zero-order valence-electron chi connectivity index (χ0n) is 42.9. The highest BCUT2D eigenvalue weighted by Gasteiger charge is 2.25. The predicted octanol–water partition coefficient (Wildman–Crippen LogP) is 19.7. The van der Waals surface area contributed by atoms with Gasteiger partial charge in [0.2, 0.25) is 0 Å². The van der Waals surface area contributed by atoms with Gasteiger partial charge in [0.1, 0.15) is 0 Å². The number of aromatic nitrogens is 2. The minimum Gasteiger partial charge on any atom is -0.310 e. The van der Waals surface area contributed by atoms with Crippen molar-refractivity contribution in [1.29, 1.82) is 0 Å². The van der Waals surface area contributed by atoms with Crippen LogP contribution in [-0.4, -0.2) is 9.13 Å². The zero-order chi connectivity index (χ0) is 50.3. The number of hydrogen-bond acceptors (Lipinski definition) is 2. The molecule has 0 fully saturated rings. The Balaban J connectivity index is 1.06. The van der Waals surface area contributed by atoms with Crippen molar-refractivity contribution in [2.24, 2.45) is 0 Å². The molecule has 0 radical (unpaired) electrons. The normalized spacial score (nSPS) is 12.2. The Morgan fingerprint density at radius 2 is 0.608 bits per heavy atom. The summed E-state index contributed by atoms with van der Waals surface area (Å²) in [5.74, 6) is 0. The van der Waals surface area contributed by atoms with Crippen LogP contribution in [0, 0.1) is 0 Å². The van der Waals surface area contributed by atoms with Crippen molar-refractivity contribution >= 4 is 99.3 Å². The molecular weight excluding hydrogens is 897 g/mol. The quantitative estimate of drug-likeness (QED) is 0.151. The molecule has 0 amide bonds. The lowest BCUT2D eigenvalue weighted by molar-refractivity contribution is 0.591. The molecule has 0 aliphatic rings. The molecule has 4 heteroatoms. The fourth-order valence-corrected chi connectivity index (χ4v) is 11.4. The standard InChI is InChI=1S/C70H58N4/c1-69(2,3)49-34-38-65-59(42-49)61-45-55(36-40-67(61)73(65)51-24-9-7-10-25-51)71(63-32-17-22-47-20-13-15-30-57(47)63)53-28-19-29-54(44-53)72(64-33-18-23-48-21-14-16-31-58(48)64)56-37-41-68-62(46-56)60-43-50(70(4,5)6)35-39-66(60)74(68)52-26-11-8-12-27-52/h7-46H,1-6H3. The van der Waals surface area contributed by atoms with Gasteiger partial charge in [-0.1, -0.05) is 169 Å². The first-order valence-corrected chi connectivity index (χ1v) is 25.9. The van der Waals surface area contributed by atoms with Gasteiger partial charge in [0.05, 0.1) is 33.4 Å². The van der Waals surface area contributed by atoms with E-state index in [0.717, 1.165) is 45.5 Å². The van der Waals surface area contributed by atoms with Gasteiger partial charge in [0, 0.05) is 66.4 Å². The summed E-state index contributed by atoms with van der Waals surface area (Å²) in [6.45, 7) is 13.8. The van der Waals surface area contributed by atoms with Crippen molar-refractivity contribution in [2.45, 2.75) is 52.4 Å². The third-order valence-corrected chi connectivity index (χ3v) is 15.1. The summed E-state index contributed by atoms with van der Waals surface area (Å²) < 4.78 is 4.84. The molecular formula is C70H58N4. The van der Waals surface area contributed by atoms with Gasteiger partial charge in [-0.05, 0) is 148 Å². The number of fused-ring (bicyclic) bond motifs is 8. The third-order valence-electron chi connectivity index (χ3n) is 15.1. The van der Waals surface area contributed by atoms with Crippen LogP contribution in [0.4, 0.5) is 34.1 Å². The van der Waals surface area contributed by atoms with Crippen LogP contribution in [0.2, 0.25) is 0 Å². The molecule has 0 saturated heterocycles. The molecule has 0 spiro atoms. The Kier molecular flexibility index (Phi) is 10.6. The van der Waals surface area contributed by atoms with Crippen LogP contribution >= 0.6 is 0 Å². The van der Waals surface area contributed by atoms with Gasteiger partial charge in [-0.3, -0.25) is 0 Å². The minimum absolute atomic E-state index is 0.0167. The second-order valence-corrected chi connectivity index (χ2v) is 21.9. The molecule has 0 bridgehead atoms. The van der Waals surface area contributed by atoms with E-state index < -0.39 is 0 Å². The molecule has 0 unspecified atom stereocenters. The maximum Gasteiger partial charge on any atom is 0.0542 e. The Morgan fingerprint density at radius 1 is 0.270 bits per heavy atom. The summed E-state index contributed by atoms with van der Waals surface area (Å²) >= 11 is 0. The molecule has 2 heterocycles. The molecule has 0 atom stereocenters. The number of nitrogens with zero attached hydrogens (tertiary/aromatic N) is 4. The first kappa shape index (κ1) is 45.0. The van der Waals surface area contributed by atoms with E-state index in [9.17, 15) is 0 Å². The van der Waals surface area contributed by atoms with E-state index in [4.69, 9.17) is 0 Å². The van der Waals surface area contributed by atoms with Gasteiger partial charge in [-0.2, -0.15) is 0 Å². The molecule has 0 saturated carbocycles. The van der Waals surface area contributed by atoms with Crippen LogP contribution < -0.4 is 9.80 Å². The van der Waals surface area contributed by atoms with Crippen molar-refractivity contribution in [2.75, 3.05) is 9.80 Å². The van der Waals surface area contributed by atoms with Crippen LogP contribution in [-0.2, 0) is 10.8 Å². The average Bonchev–Trinajstić information content (AvgIpc) is 3.95. The highest BCUT2D eigenvalue weighted by Crippen LogP contribution is 2.47. The van der Waals surface area contributed by atoms with Crippen molar-refractivity contribution in [3.05, 3.63) is 254 Å². The number of para-hydroxylation sites is 2. The fourth-order valence-electron chi connectivity index (χ4n) is 11.4. The van der Waals surface area contributed by atoms with Gasteiger partial charge < -0.3 is 18.9 Å². The number of hydrogen-bond donors (Lipinski definition) is 0. The highest BCUT2D eigenvalue weighted by molar-refractivity contribution is 6.13. The van der Waals surface area contributed by atoms with E-state index in [1.807, 2.05) is 0 Å². The second kappa shape index (κ2) is 17.4. The van der Waals surface area contributed by atoms with E-state index >= 15 is 0 Å². The fraction of sp³-hybridized carbons (Fsp3) is 0.114. The first-order valence-electron chi connectivity index (χ1n) is 25.9. The average molecular weight is 955 g/mol. The molecule has 358 valence electrons. The molecule has 0 aliphatic carbocycles. The molecule has 13 rings (SSSR count). The Labute approximate surface area is 433 Å². The zero-order valence-corrected chi connectivity index (χ0v) is 42.9. The van der Waals surface area contributed by atoms with E-state index in [1.165, 1.54) is 76.3 Å². The van der Waals surface area contributed by atoms with Crippen LogP contribution in [0.3, 0.4) is 0 Å². The maximum absolute atomic E-state index is 2.47. The Bertz CT molecular complexity index is 3990. The molecule has 2 aromatic heterocycles. The van der Waals surface area contributed by atoms with Gasteiger partial charge in [-0.15, -0.1) is 0 Å². The maximum atomic E-state index is 2.47. The lowest BCUT2D eigenvalue weighted by Gasteiger charge is -2.30. The first-order chi connectivity index (χ1) is 36.0. The summed E-state index contributed by atoms with van der Waals surface area (Å²) in [7, 11) is 0. The number of anilines is 6. The third kappa shape index (κ3) is 7.60. The monoisotopic (exact) mass is 954 g/mol. The highest BCUT2D eigenvalue weighted by atomic mass is 15.2. The van der Waals surface area contributed by atoms with Crippen LogP contribution in [0.1, 0.15) is 52.7 Å². The molecule has 74 heavy (non-hydrogen) atoms. The van der Waals surface area contributed by atoms with Gasteiger partial charge >= 0.3 is 0 Å². The molecule has 0 N–H and O–H groups in total. The summed E-state index contributed by atoms with van der Waals surface area (Å²) in [6.07, 6.45) is 0. The Morgan fingerprint density at radius 3 is 1.03 bits per heavy atom. The predicted molar refractivity (Wildman–Crippen MR) is 317 cm³/mol. The Hall–Kier alpha value is -8.86. The summed E-state index contributed by atoms with van der Waals surface area (Å²) in [5, 5.41) is 9.66. The molecule has 4 nitrogen and oxygen atoms in total. The summed E-state index contributed by atoms with van der Waals surface area (Å²) in [4.78, 5) is 4.94. The lowest BCUT2D eigenvalue weighted by atomic mass is 9.86. The van der Waals surface area contributed by atoms with Gasteiger partial charge in [0.15, 0.2) is 0 Å². The number of rotatable bonds is 8. The second-order valence-electron chi connectivity index (χ2n) is 21.9. The summed E-state index contributed by atoms with van der Waals surface area (Å²) in [6, 6.07) is 89.8. The van der Waals surface area contributed by atoms with E-state index in [-0.39, 0.29) is 10.8 Å².